The highest BCUT2D eigenvalue weighted by atomic mass is 32.2. The van der Waals surface area contributed by atoms with Crippen LogP contribution in [0, 0.1) is 5.82 Å². The van der Waals surface area contributed by atoms with Crippen molar-refractivity contribution in [2.75, 3.05) is 5.75 Å². The highest BCUT2D eigenvalue weighted by Gasteiger charge is 2.30. The Balaban J connectivity index is 2.35. The first-order chi connectivity index (χ1) is 20.7. The second-order valence-electron chi connectivity index (χ2n) is 12.8. The van der Waals surface area contributed by atoms with Gasteiger partial charge >= 0.3 is 5.97 Å². The summed E-state index contributed by atoms with van der Waals surface area (Å²) in [4.78, 5) is 40.0. The SMILES string of the molecule is CCS(=O)(=O)Cc1ccc(C(=O)c2ccc(F)cc2)c(-c2cn(C)c(=O)cc2[C@H](CC(=O)OC(C)(C)C)N[S@@](=O)C(C)(C)C)c1. The fourth-order valence-electron chi connectivity index (χ4n) is 4.44. The first-order valence-corrected chi connectivity index (χ1v) is 17.4. The first-order valence-electron chi connectivity index (χ1n) is 14.4. The molecule has 0 saturated heterocycles. The van der Waals surface area contributed by atoms with E-state index in [4.69, 9.17) is 4.74 Å². The summed E-state index contributed by atoms with van der Waals surface area (Å²) in [5, 5.41) is 0. The minimum Gasteiger partial charge on any atom is -0.460 e. The molecule has 45 heavy (non-hydrogen) atoms. The molecule has 0 fully saturated rings. The number of aromatic nitrogens is 1. The third kappa shape index (κ3) is 9.75. The van der Waals surface area contributed by atoms with E-state index in [9.17, 15) is 31.4 Å². The Morgan fingerprint density at radius 1 is 1.00 bits per heavy atom. The monoisotopic (exact) mass is 660 g/mol. The lowest BCUT2D eigenvalue weighted by Gasteiger charge is -2.27. The molecule has 0 radical (unpaired) electrons. The van der Waals surface area contributed by atoms with Gasteiger partial charge in [0.25, 0.3) is 5.56 Å². The summed E-state index contributed by atoms with van der Waals surface area (Å²) in [6.45, 7) is 11.9. The van der Waals surface area contributed by atoms with E-state index in [0.29, 0.717) is 11.1 Å². The van der Waals surface area contributed by atoms with E-state index in [1.807, 2.05) is 0 Å². The summed E-state index contributed by atoms with van der Waals surface area (Å²) >= 11 is 0. The number of nitrogens with zero attached hydrogens (tertiary/aromatic N) is 1. The summed E-state index contributed by atoms with van der Waals surface area (Å²) in [5.74, 6) is -1.98. The maximum atomic E-state index is 13.8. The van der Waals surface area contributed by atoms with Gasteiger partial charge in [0.05, 0.1) is 33.9 Å². The number of hydrogen-bond donors (Lipinski definition) is 1. The second kappa shape index (κ2) is 13.9. The number of halogens is 1. The summed E-state index contributed by atoms with van der Waals surface area (Å²) in [6.07, 6.45) is 1.20. The van der Waals surface area contributed by atoms with Gasteiger partial charge in [-0.1, -0.05) is 19.1 Å². The summed E-state index contributed by atoms with van der Waals surface area (Å²) < 4.78 is 61.3. The largest absolute Gasteiger partial charge is 0.460 e. The summed E-state index contributed by atoms with van der Waals surface area (Å²) in [7, 11) is -3.64. The molecule has 12 heteroatoms. The Hall–Kier alpha value is -3.48. The molecule has 0 spiro atoms. The van der Waals surface area contributed by atoms with Crippen molar-refractivity contribution in [1.29, 1.82) is 0 Å². The predicted molar refractivity (Wildman–Crippen MR) is 174 cm³/mol. The quantitative estimate of drug-likeness (QED) is 0.222. The van der Waals surface area contributed by atoms with Gasteiger partial charge in [0.2, 0.25) is 0 Å². The van der Waals surface area contributed by atoms with Crippen LogP contribution in [-0.2, 0) is 43.2 Å². The fraction of sp³-hybridized carbons (Fsp3) is 0.424. The molecular formula is C33H41FN2O7S2. The van der Waals surface area contributed by atoms with E-state index in [2.05, 4.69) is 4.72 Å². The molecule has 1 aromatic heterocycles. The zero-order chi connectivity index (χ0) is 33.9. The number of ketones is 1. The number of esters is 1. The van der Waals surface area contributed by atoms with Gasteiger partial charge in [-0.3, -0.25) is 14.4 Å². The van der Waals surface area contributed by atoms with Crippen LogP contribution < -0.4 is 10.3 Å². The molecule has 3 rings (SSSR count). The normalized spacial score (nSPS) is 13.7. The number of carbonyl (C=O) groups excluding carboxylic acids is 2. The third-order valence-electron chi connectivity index (χ3n) is 6.78. The van der Waals surface area contributed by atoms with Gasteiger partial charge in [-0.2, -0.15) is 0 Å². The van der Waals surface area contributed by atoms with Crippen LogP contribution in [0.25, 0.3) is 11.1 Å². The Morgan fingerprint density at radius 2 is 1.62 bits per heavy atom. The van der Waals surface area contributed by atoms with Crippen LogP contribution in [0.3, 0.4) is 0 Å². The molecule has 0 aliphatic heterocycles. The highest BCUT2D eigenvalue weighted by Crippen LogP contribution is 2.35. The smallest absolute Gasteiger partial charge is 0.308 e. The average Bonchev–Trinajstić information content (AvgIpc) is 2.92. The van der Waals surface area contributed by atoms with Crippen molar-refractivity contribution in [1.82, 2.24) is 9.29 Å². The third-order valence-corrected chi connectivity index (χ3v) is 10.0. The van der Waals surface area contributed by atoms with Crippen LogP contribution in [0.5, 0.6) is 0 Å². The fourth-order valence-corrected chi connectivity index (χ4v) is 6.16. The van der Waals surface area contributed by atoms with E-state index >= 15 is 0 Å². The summed E-state index contributed by atoms with van der Waals surface area (Å²) in [5.41, 5.74) is 0.405. The van der Waals surface area contributed by atoms with E-state index in [1.165, 1.54) is 49.0 Å². The molecule has 9 nitrogen and oxygen atoms in total. The Morgan fingerprint density at radius 3 is 2.18 bits per heavy atom. The molecule has 3 aromatic rings. The number of aryl methyl sites for hydroxylation is 1. The van der Waals surface area contributed by atoms with E-state index in [0.717, 1.165) is 12.1 Å². The van der Waals surface area contributed by atoms with Crippen molar-refractivity contribution < 1.29 is 31.3 Å². The van der Waals surface area contributed by atoms with Gasteiger partial charge in [0, 0.05) is 41.8 Å². The van der Waals surface area contributed by atoms with Gasteiger partial charge in [-0.15, -0.1) is 0 Å². The van der Waals surface area contributed by atoms with E-state index in [-0.39, 0.29) is 40.2 Å². The van der Waals surface area contributed by atoms with Crippen LogP contribution in [0.15, 0.2) is 59.5 Å². The summed E-state index contributed by atoms with van der Waals surface area (Å²) in [6, 6.07) is 9.93. The zero-order valence-corrected chi connectivity index (χ0v) is 28.5. The van der Waals surface area contributed by atoms with Crippen molar-refractivity contribution in [2.45, 2.75) is 77.0 Å². The first kappa shape index (κ1) is 36.0. The van der Waals surface area contributed by atoms with Crippen LogP contribution >= 0.6 is 0 Å². The van der Waals surface area contributed by atoms with Gasteiger partial charge in [-0.05, 0) is 88.6 Å². The minimum atomic E-state index is -3.46. The minimum absolute atomic E-state index is 0.0931. The number of nitrogens with one attached hydrogen (secondary N) is 1. The van der Waals surface area contributed by atoms with Gasteiger partial charge < -0.3 is 9.30 Å². The average molecular weight is 661 g/mol. The molecule has 0 unspecified atom stereocenters. The molecule has 244 valence electrons. The highest BCUT2D eigenvalue weighted by molar-refractivity contribution is 7.90. The number of pyridine rings is 1. The maximum absolute atomic E-state index is 13.8. The lowest BCUT2D eigenvalue weighted by Crippen LogP contribution is -2.38. The van der Waals surface area contributed by atoms with Crippen LogP contribution in [0.4, 0.5) is 4.39 Å². The topological polar surface area (TPSA) is 129 Å². The van der Waals surface area contributed by atoms with Crippen LogP contribution in [0.2, 0.25) is 0 Å². The van der Waals surface area contributed by atoms with Gasteiger partial charge in [0.15, 0.2) is 15.6 Å². The number of ether oxygens (including phenoxy) is 1. The van der Waals surface area contributed by atoms with E-state index < -0.39 is 60.3 Å². The number of benzene rings is 2. The number of hydrogen-bond acceptors (Lipinski definition) is 7. The maximum Gasteiger partial charge on any atom is 0.308 e. The lowest BCUT2D eigenvalue weighted by molar-refractivity contribution is -0.155. The second-order valence-corrected chi connectivity index (χ2v) is 17.2. The van der Waals surface area contributed by atoms with Crippen LogP contribution in [0.1, 0.15) is 88.0 Å². The van der Waals surface area contributed by atoms with Crippen molar-refractivity contribution >= 4 is 32.6 Å². The van der Waals surface area contributed by atoms with Crippen molar-refractivity contribution in [3.63, 3.8) is 0 Å². The Bertz CT molecular complexity index is 1770. The van der Waals surface area contributed by atoms with Gasteiger partial charge in [-0.25, -0.2) is 21.7 Å². The molecule has 0 bridgehead atoms. The molecule has 0 aliphatic rings. The molecule has 2 aromatic carbocycles. The molecular weight excluding hydrogens is 620 g/mol. The standard InChI is InChI=1S/C33H41FN2O7S2/c1-9-45(41,42)20-21-10-15-24(31(39)22-11-13-23(34)14-12-22)25(16-21)27-19-36(8)29(37)17-26(27)28(35-44(40)33(5,6)7)18-30(38)43-32(2,3)4/h10-17,19,28,35H,9,18,20H2,1-8H3/t28-,44-/m0/s1. The molecule has 1 N–H and O–H groups in total. The predicted octanol–water partition coefficient (Wildman–Crippen LogP) is 5.18. The molecule has 0 aliphatic carbocycles. The lowest BCUT2D eigenvalue weighted by atomic mass is 9.88. The molecule has 0 saturated carbocycles. The van der Waals surface area contributed by atoms with E-state index in [1.54, 1.807) is 53.7 Å². The Labute approximate surface area is 266 Å². The van der Waals surface area contributed by atoms with Crippen LogP contribution in [-0.4, -0.2) is 45.0 Å². The number of carbonyl (C=O) groups is 2. The Kier molecular flexibility index (Phi) is 11.1. The number of sulfone groups is 1. The molecule has 2 atom stereocenters. The van der Waals surface area contributed by atoms with Crippen molar-refractivity contribution in [3.8, 4) is 11.1 Å². The zero-order valence-electron chi connectivity index (χ0n) is 26.9. The molecule has 0 amide bonds. The van der Waals surface area contributed by atoms with Gasteiger partial charge in [0.1, 0.15) is 11.4 Å². The number of rotatable bonds is 11. The molecule has 1 heterocycles. The van der Waals surface area contributed by atoms with Crippen molar-refractivity contribution in [3.05, 3.63) is 93.2 Å². The van der Waals surface area contributed by atoms with Crippen molar-refractivity contribution in [2.24, 2.45) is 7.05 Å².